The molecule has 0 aromatic rings. The van der Waals surface area contributed by atoms with Crippen LogP contribution in [0.2, 0.25) is 0 Å². The van der Waals surface area contributed by atoms with E-state index in [-0.39, 0.29) is 12.8 Å². The van der Waals surface area contributed by atoms with Crippen LogP contribution in [-0.2, 0) is 0 Å². The van der Waals surface area contributed by atoms with Crippen molar-refractivity contribution in [1.29, 1.82) is 0 Å². The lowest BCUT2D eigenvalue weighted by Gasteiger charge is -2.43. The summed E-state index contributed by atoms with van der Waals surface area (Å²) in [6, 6.07) is -1.13. The smallest absolute Gasteiger partial charge is 0.379 e. The van der Waals surface area contributed by atoms with Crippen molar-refractivity contribution in [1.82, 2.24) is 0 Å². The standard InChI is InChI=1S/C5H8F3NO/c6-5(7,8)4(10)2-1-3(4)9/h3,10H,1-2,9H2/t3-,4-/m0/s1. The monoisotopic (exact) mass is 155 g/mol. The minimum atomic E-state index is -4.56. The normalized spacial score (nSPS) is 41.1. The molecule has 0 saturated heterocycles. The van der Waals surface area contributed by atoms with Crippen LogP contribution in [0.5, 0.6) is 0 Å². The fourth-order valence-corrected chi connectivity index (χ4v) is 0.936. The number of nitrogens with two attached hydrogens (primary N) is 1. The van der Waals surface area contributed by atoms with Gasteiger partial charge in [0.15, 0.2) is 5.60 Å². The molecular formula is C5H8F3NO. The lowest BCUT2D eigenvalue weighted by Crippen LogP contribution is -2.65. The van der Waals surface area contributed by atoms with Gasteiger partial charge in [-0.15, -0.1) is 0 Å². The fraction of sp³-hybridized carbons (Fsp3) is 1.00. The van der Waals surface area contributed by atoms with Gasteiger partial charge in [-0.3, -0.25) is 0 Å². The molecule has 0 heterocycles. The topological polar surface area (TPSA) is 46.2 Å². The van der Waals surface area contributed by atoms with Crippen LogP contribution in [0.4, 0.5) is 13.2 Å². The fourth-order valence-electron chi connectivity index (χ4n) is 0.936. The van der Waals surface area contributed by atoms with E-state index in [9.17, 15) is 13.2 Å². The lowest BCUT2D eigenvalue weighted by atomic mass is 9.75. The van der Waals surface area contributed by atoms with Crippen molar-refractivity contribution in [2.45, 2.75) is 30.7 Å². The molecule has 2 atom stereocenters. The molecule has 0 aromatic carbocycles. The van der Waals surface area contributed by atoms with Gasteiger partial charge in [0.25, 0.3) is 0 Å². The number of halogens is 3. The van der Waals surface area contributed by atoms with Crippen molar-refractivity contribution in [3.8, 4) is 0 Å². The zero-order valence-electron chi connectivity index (χ0n) is 5.15. The van der Waals surface area contributed by atoms with Gasteiger partial charge < -0.3 is 10.8 Å². The molecular weight excluding hydrogens is 147 g/mol. The highest BCUT2D eigenvalue weighted by Gasteiger charge is 2.62. The summed E-state index contributed by atoms with van der Waals surface area (Å²) in [5, 5.41) is 8.77. The van der Waals surface area contributed by atoms with E-state index in [2.05, 4.69) is 0 Å². The zero-order valence-corrected chi connectivity index (χ0v) is 5.15. The Morgan fingerprint density at radius 1 is 1.50 bits per heavy atom. The van der Waals surface area contributed by atoms with Gasteiger partial charge in [0.1, 0.15) is 0 Å². The quantitative estimate of drug-likeness (QED) is 0.532. The molecule has 1 saturated carbocycles. The van der Waals surface area contributed by atoms with Crippen molar-refractivity contribution in [2.24, 2.45) is 5.73 Å². The summed E-state index contributed by atoms with van der Waals surface area (Å²) < 4.78 is 35.4. The van der Waals surface area contributed by atoms with Gasteiger partial charge in [0.05, 0.1) is 0 Å². The molecule has 10 heavy (non-hydrogen) atoms. The summed E-state index contributed by atoms with van der Waals surface area (Å²) >= 11 is 0. The van der Waals surface area contributed by atoms with E-state index >= 15 is 0 Å². The molecule has 0 bridgehead atoms. The Bertz CT molecular complexity index is 146. The maximum absolute atomic E-state index is 11.8. The number of hydrogen-bond acceptors (Lipinski definition) is 2. The highest BCUT2D eigenvalue weighted by atomic mass is 19.4. The molecule has 0 amide bonds. The van der Waals surface area contributed by atoms with E-state index < -0.39 is 17.8 Å². The molecule has 2 nitrogen and oxygen atoms in total. The minimum absolute atomic E-state index is 0.246. The summed E-state index contributed by atoms with van der Waals surface area (Å²) in [5.41, 5.74) is 2.37. The number of alkyl halides is 3. The van der Waals surface area contributed by atoms with Gasteiger partial charge in [0, 0.05) is 6.04 Å². The van der Waals surface area contributed by atoms with Gasteiger partial charge >= 0.3 is 6.18 Å². The predicted molar refractivity (Wildman–Crippen MR) is 28.2 cm³/mol. The van der Waals surface area contributed by atoms with Crippen LogP contribution in [0.15, 0.2) is 0 Å². The average molecular weight is 155 g/mol. The number of rotatable bonds is 0. The molecule has 0 radical (unpaired) electrons. The van der Waals surface area contributed by atoms with Crippen molar-refractivity contribution in [3.05, 3.63) is 0 Å². The largest absolute Gasteiger partial charge is 0.418 e. The predicted octanol–water partition coefficient (Wildman–Crippen LogP) is 0.401. The second-order valence-corrected chi connectivity index (χ2v) is 2.57. The van der Waals surface area contributed by atoms with Gasteiger partial charge in [-0.05, 0) is 12.8 Å². The number of hydrogen-bond donors (Lipinski definition) is 2. The summed E-state index contributed by atoms with van der Waals surface area (Å²) in [4.78, 5) is 0. The zero-order chi connectivity index (χ0) is 7.99. The molecule has 0 unspecified atom stereocenters. The van der Waals surface area contributed by atoms with E-state index in [1.807, 2.05) is 0 Å². The Hall–Kier alpha value is -0.290. The first kappa shape index (κ1) is 7.81. The van der Waals surface area contributed by atoms with Crippen molar-refractivity contribution in [3.63, 3.8) is 0 Å². The van der Waals surface area contributed by atoms with Crippen molar-refractivity contribution >= 4 is 0 Å². The van der Waals surface area contributed by atoms with Crippen LogP contribution in [0, 0.1) is 0 Å². The third-order valence-electron chi connectivity index (χ3n) is 1.94. The maximum Gasteiger partial charge on any atom is 0.418 e. The third kappa shape index (κ3) is 0.809. The molecule has 0 spiro atoms. The minimum Gasteiger partial charge on any atom is -0.379 e. The van der Waals surface area contributed by atoms with Crippen LogP contribution >= 0.6 is 0 Å². The summed E-state index contributed by atoms with van der Waals surface area (Å²) in [6.07, 6.45) is -4.58. The Labute approximate surface area is 55.8 Å². The van der Waals surface area contributed by atoms with Gasteiger partial charge in [-0.2, -0.15) is 13.2 Å². The molecule has 3 N–H and O–H groups in total. The molecule has 1 aliphatic carbocycles. The van der Waals surface area contributed by atoms with E-state index in [1.165, 1.54) is 0 Å². The maximum atomic E-state index is 11.8. The highest BCUT2D eigenvalue weighted by molar-refractivity contribution is 5.04. The van der Waals surface area contributed by atoms with Crippen LogP contribution in [-0.4, -0.2) is 22.9 Å². The average Bonchev–Trinajstić information content (AvgIpc) is 1.80. The SMILES string of the molecule is N[C@H]1CC[C@@]1(O)C(F)(F)F. The summed E-state index contributed by atoms with van der Waals surface area (Å²) in [5.74, 6) is 0. The second-order valence-electron chi connectivity index (χ2n) is 2.57. The first-order chi connectivity index (χ1) is 4.38. The molecule has 60 valence electrons. The van der Waals surface area contributed by atoms with E-state index in [0.29, 0.717) is 0 Å². The molecule has 0 aromatic heterocycles. The van der Waals surface area contributed by atoms with Crippen LogP contribution < -0.4 is 5.73 Å². The Kier molecular flexibility index (Phi) is 1.45. The Balaban J connectivity index is 2.70. The third-order valence-corrected chi connectivity index (χ3v) is 1.94. The molecule has 5 heteroatoms. The summed E-state index contributed by atoms with van der Waals surface area (Å²) in [6.45, 7) is 0. The van der Waals surface area contributed by atoms with Crippen molar-refractivity contribution in [2.75, 3.05) is 0 Å². The molecule has 1 rings (SSSR count). The summed E-state index contributed by atoms with van der Waals surface area (Å²) in [7, 11) is 0. The van der Waals surface area contributed by atoms with E-state index in [1.54, 1.807) is 0 Å². The first-order valence-corrected chi connectivity index (χ1v) is 2.92. The van der Waals surface area contributed by atoms with Crippen LogP contribution in [0.1, 0.15) is 12.8 Å². The molecule has 1 aliphatic rings. The molecule has 1 fully saturated rings. The van der Waals surface area contributed by atoms with Gasteiger partial charge in [0.2, 0.25) is 0 Å². The lowest BCUT2D eigenvalue weighted by molar-refractivity contribution is -0.293. The van der Waals surface area contributed by atoms with E-state index in [4.69, 9.17) is 10.8 Å². The van der Waals surface area contributed by atoms with Gasteiger partial charge in [-0.1, -0.05) is 0 Å². The Morgan fingerprint density at radius 2 is 2.00 bits per heavy atom. The second kappa shape index (κ2) is 1.85. The highest BCUT2D eigenvalue weighted by Crippen LogP contribution is 2.43. The van der Waals surface area contributed by atoms with Crippen LogP contribution in [0.25, 0.3) is 0 Å². The molecule has 0 aliphatic heterocycles. The van der Waals surface area contributed by atoms with Gasteiger partial charge in [-0.25, -0.2) is 0 Å². The Morgan fingerprint density at radius 3 is 2.00 bits per heavy atom. The number of aliphatic hydroxyl groups is 1. The van der Waals surface area contributed by atoms with E-state index in [0.717, 1.165) is 0 Å². The van der Waals surface area contributed by atoms with Crippen LogP contribution in [0.3, 0.4) is 0 Å². The van der Waals surface area contributed by atoms with Crippen molar-refractivity contribution < 1.29 is 18.3 Å². The first-order valence-electron chi connectivity index (χ1n) is 2.92.